The number of rotatable bonds is 5. The van der Waals surface area contributed by atoms with E-state index in [1.807, 2.05) is 13.8 Å². The summed E-state index contributed by atoms with van der Waals surface area (Å²) in [4.78, 5) is 4.35. The average Bonchev–Trinajstić information content (AvgIpc) is 2.42. The number of aromatic nitrogens is 1. The fraction of sp³-hybridized carbons (Fsp3) is 0.667. The van der Waals surface area contributed by atoms with E-state index < -0.39 is 0 Å². The van der Waals surface area contributed by atoms with Crippen molar-refractivity contribution in [2.45, 2.75) is 57.8 Å². The Morgan fingerprint density at radius 2 is 2.00 bits per heavy atom. The van der Waals surface area contributed by atoms with E-state index in [1.165, 1.54) is 0 Å². The molecule has 2 atom stereocenters. The van der Waals surface area contributed by atoms with E-state index in [1.54, 1.807) is 19.2 Å². The van der Waals surface area contributed by atoms with Gasteiger partial charge in [-0.25, -0.2) is 0 Å². The summed E-state index contributed by atoms with van der Waals surface area (Å²) in [5, 5.41) is 0. The van der Waals surface area contributed by atoms with E-state index in [9.17, 15) is 0 Å². The number of nitrogens with two attached hydrogens (primary N) is 1. The number of anilines is 1. The number of methoxy groups -OCH3 is 1. The van der Waals surface area contributed by atoms with Crippen LogP contribution in [0.5, 0.6) is 11.8 Å². The lowest BCUT2D eigenvalue weighted by atomic mass is 9.95. The van der Waals surface area contributed by atoms with Gasteiger partial charge in [-0.1, -0.05) is 0 Å². The Morgan fingerprint density at radius 1 is 1.25 bits per heavy atom. The van der Waals surface area contributed by atoms with Crippen LogP contribution in [0.4, 0.5) is 5.69 Å². The highest BCUT2D eigenvalue weighted by Crippen LogP contribution is 2.27. The highest BCUT2D eigenvalue weighted by atomic mass is 16.5. The minimum absolute atomic E-state index is 0.0348. The second-order valence-electron chi connectivity index (χ2n) is 5.47. The van der Waals surface area contributed by atoms with Crippen molar-refractivity contribution in [3.63, 3.8) is 0 Å². The summed E-state index contributed by atoms with van der Waals surface area (Å²) in [6, 6.07) is 3.57. The second-order valence-corrected chi connectivity index (χ2v) is 5.47. The summed E-state index contributed by atoms with van der Waals surface area (Å²) in [6.45, 7) is 3.89. The molecule has 0 radical (unpaired) electrons. The predicted octanol–water partition coefficient (Wildman–Crippen LogP) is 2.79. The molecule has 0 aliphatic heterocycles. The molecule has 1 aliphatic rings. The van der Waals surface area contributed by atoms with Crippen molar-refractivity contribution >= 4 is 5.69 Å². The number of hydrogen-bond donors (Lipinski definition) is 1. The van der Waals surface area contributed by atoms with Crippen molar-refractivity contribution < 1.29 is 14.2 Å². The van der Waals surface area contributed by atoms with Gasteiger partial charge in [0, 0.05) is 19.6 Å². The number of nitrogens with zero attached hydrogens (tertiary/aromatic N) is 1. The molecule has 1 aromatic rings. The van der Waals surface area contributed by atoms with Crippen molar-refractivity contribution in [2.24, 2.45) is 0 Å². The summed E-state index contributed by atoms with van der Waals surface area (Å²) in [5.41, 5.74) is 6.38. The normalized spacial score (nSPS) is 22.8. The lowest BCUT2D eigenvalue weighted by Crippen LogP contribution is -2.29. The zero-order valence-electron chi connectivity index (χ0n) is 12.5. The molecule has 0 aromatic carbocycles. The number of pyridine rings is 1. The van der Waals surface area contributed by atoms with Gasteiger partial charge in [0.15, 0.2) is 0 Å². The quantitative estimate of drug-likeness (QED) is 0.898. The highest BCUT2D eigenvalue weighted by Gasteiger charge is 2.23. The van der Waals surface area contributed by atoms with Crippen LogP contribution in [-0.4, -0.2) is 30.4 Å². The molecule has 1 aliphatic carbocycles. The molecule has 5 nitrogen and oxygen atoms in total. The molecular weight excluding hydrogens is 256 g/mol. The van der Waals surface area contributed by atoms with Crippen molar-refractivity contribution in [3.05, 3.63) is 12.1 Å². The topological polar surface area (TPSA) is 66.6 Å². The van der Waals surface area contributed by atoms with Crippen molar-refractivity contribution in [2.75, 3.05) is 12.8 Å². The van der Waals surface area contributed by atoms with Gasteiger partial charge in [0.05, 0.1) is 17.9 Å². The lowest BCUT2D eigenvalue weighted by Gasteiger charge is -2.28. The fourth-order valence-electron chi connectivity index (χ4n) is 2.41. The van der Waals surface area contributed by atoms with Gasteiger partial charge >= 0.3 is 0 Å². The molecule has 0 amide bonds. The zero-order valence-corrected chi connectivity index (χ0v) is 12.5. The number of hydrogen-bond acceptors (Lipinski definition) is 5. The van der Waals surface area contributed by atoms with E-state index in [0.717, 1.165) is 25.7 Å². The van der Waals surface area contributed by atoms with E-state index in [4.69, 9.17) is 19.9 Å². The summed E-state index contributed by atoms with van der Waals surface area (Å²) >= 11 is 0. The largest absolute Gasteiger partial charge is 0.474 e. The minimum Gasteiger partial charge on any atom is -0.474 e. The van der Waals surface area contributed by atoms with Crippen molar-refractivity contribution in [1.82, 2.24) is 4.98 Å². The Morgan fingerprint density at radius 3 is 2.70 bits per heavy atom. The van der Waals surface area contributed by atoms with Crippen molar-refractivity contribution in [1.29, 1.82) is 0 Å². The molecule has 5 heteroatoms. The summed E-state index contributed by atoms with van der Waals surface area (Å²) in [7, 11) is 1.75. The van der Waals surface area contributed by atoms with Crippen LogP contribution < -0.4 is 15.2 Å². The predicted molar refractivity (Wildman–Crippen MR) is 78.1 cm³/mol. The van der Waals surface area contributed by atoms with Gasteiger partial charge in [-0.15, -0.1) is 0 Å². The summed E-state index contributed by atoms with van der Waals surface area (Å²) < 4.78 is 16.9. The van der Waals surface area contributed by atoms with Gasteiger partial charge in [0.2, 0.25) is 11.8 Å². The van der Waals surface area contributed by atoms with Gasteiger partial charge in [-0.2, -0.15) is 4.98 Å². The van der Waals surface area contributed by atoms with E-state index in [2.05, 4.69) is 4.98 Å². The maximum Gasteiger partial charge on any atom is 0.240 e. The van der Waals surface area contributed by atoms with Crippen LogP contribution in [0.15, 0.2) is 12.1 Å². The molecule has 0 spiro atoms. The minimum atomic E-state index is 0.0348. The van der Waals surface area contributed by atoms with E-state index >= 15 is 0 Å². The molecule has 0 bridgehead atoms. The third kappa shape index (κ3) is 4.00. The molecule has 2 unspecified atom stereocenters. The highest BCUT2D eigenvalue weighted by molar-refractivity contribution is 5.49. The van der Waals surface area contributed by atoms with Crippen LogP contribution in [0, 0.1) is 0 Å². The molecule has 1 fully saturated rings. The first-order chi connectivity index (χ1) is 9.58. The Balaban J connectivity index is 2.02. The van der Waals surface area contributed by atoms with Gasteiger partial charge in [0.1, 0.15) is 6.10 Å². The van der Waals surface area contributed by atoms with Crippen LogP contribution in [0.1, 0.15) is 39.5 Å². The van der Waals surface area contributed by atoms with Crippen LogP contribution in [0.2, 0.25) is 0 Å². The lowest BCUT2D eigenvalue weighted by molar-refractivity contribution is 0.0193. The molecule has 1 aromatic heterocycles. The third-order valence-corrected chi connectivity index (χ3v) is 3.41. The Labute approximate surface area is 120 Å². The van der Waals surface area contributed by atoms with Crippen LogP contribution >= 0.6 is 0 Å². The zero-order chi connectivity index (χ0) is 14.5. The van der Waals surface area contributed by atoms with Crippen LogP contribution in [-0.2, 0) is 4.74 Å². The molecule has 2 rings (SSSR count). The maximum atomic E-state index is 5.94. The molecule has 20 heavy (non-hydrogen) atoms. The molecule has 1 saturated carbocycles. The van der Waals surface area contributed by atoms with Gasteiger partial charge in [-0.05, 0) is 39.2 Å². The Kier molecular flexibility index (Phi) is 5.06. The standard InChI is InChI=1S/C15H24N2O3/c1-10(2)19-15-13(16)7-8-14(17-15)20-12-6-4-5-11(9-12)18-3/h7-8,10-12H,4-6,9,16H2,1-3H3. The molecule has 1 heterocycles. The molecular formula is C15H24N2O3. The third-order valence-electron chi connectivity index (χ3n) is 3.41. The SMILES string of the molecule is COC1CCCC(Oc2ccc(N)c(OC(C)C)n2)C1. The summed E-state index contributed by atoms with van der Waals surface area (Å²) in [6.07, 6.45) is 4.63. The van der Waals surface area contributed by atoms with Gasteiger partial charge in [0.25, 0.3) is 0 Å². The Hall–Kier alpha value is -1.49. The van der Waals surface area contributed by atoms with Gasteiger partial charge in [-0.3, -0.25) is 0 Å². The van der Waals surface area contributed by atoms with Crippen LogP contribution in [0.3, 0.4) is 0 Å². The molecule has 0 saturated heterocycles. The van der Waals surface area contributed by atoms with Gasteiger partial charge < -0.3 is 19.9 Å². The first-order valence-electron chi connectivity index (χ1n) is 7.21. The summed E-state index contributed by atoms with van der Waals surface area (Å²) in [5.74, 6) is 1.01. The molecule has 2 N–H and O–H groups in total. The average molecular weight is 280 g/mol. The van der Waals surface area contributed by atoms with Crippen molar-refractivity contribution in [3.8, 4) is 11.8 Å². The van der Waals surface area contributed by atoms with Crippen LogP contribution in [0.25, 0.3) is 0 Å². The van der Waals surface area contributed by atoms with E-state index in [-0.39, 0.29) is 18.3 Å². The number of nitrogen functional groups attached to an aromatic ring is 1. The fourth-order valence-corrected chi connectivity index (χ4v) is 2.41. The first kappa shape index (κ1) is 14.9. The second kappa shape index (κ2) is 6.79. The first-order valence-corrected chi connectivity index (χ1v) is 7.21. The molecule has 112 valence electrons. The monoisotopic (exact) mass is 280 g/mol. The smallest absolute Gasteiger partial charge is 0.240 e. The maximum absolute atomic E-state index is 5.94. The van der Waals surface area contributed by atoms with E-state index in [0.29, 0.717) is 17.4 Å². The number of ether oxygens (including phenoxy) is 3. The Bertz CT molecular complexity index is 437.